The molecule has 1 saturated carbocycles. The molecule has 1 N–H and O–H groups in total. The Labute approximate surface area is 143 Å². The molecule has 1 spiro atoms. The predicted molar refractivity (Wildman–Crippen MR) is 90.0 cm³/mol. The van der Waals surface area contributed by atoms with Crippen molar-refractivity contribution in [1.82, 2.24) is 15.1 Å². The van der Waals surface area contributed by atoms with Gasteiger partial charge in [0.2, 0.25) is 0 Å². The second-order valence-corrected chi connectivity index (χ2v) is 9.61. The van der Waals surface area contributed by atoms with Gasteiger partial charge in [-0.05, 0) is 31.7 Å². The maximum atomic E-state index is 13.0. The van der Waals surface area contributed by atoms with Crippen molar-refractivity contribution in [2.75, 3.05) is 24.7 Å². The van der Waals surface area contributed by atoms with Crippen molar-refractivity contribution >= 4 is 21.8 Å². The van der Waals surface area contributed by atoms with Gasteiger partial charge in [-0.3, -0.25) is 9.69 Å². The largest absolute Gasteiger partial charge is 0.326 e. The van der Waals surface area contributed by atoms with Crippen LogP contribution >= 0.6 is 0 Å². The molecule has 8 heteroatoms. The van der Waals surface area contributed by atoms with Gasteiger partial charge in [0, 0.05) is 6.04 Å². The van der Waals surface area contributed by atoms with Crippen molar-refractivity contribution in [2.24, 2.45) is 5.92 Å². The minimum absolute atomic E-state index is 0.110. The Bertz CT molecular complexity index is 635. The van der Waals surface area contributed by atoms with Crippen LogP contribution in [0.1, 0.15) is 46.0 Å². The second kappa shape index (κ2) is 6.29. The number of imide groups is 1. The molecular formula is C16H27N3O4S. The molecule has 0 bridgehead atoms. The fraction of sp³-hybridized carbons (Fsp3) is 0.875. The maximum Gasteiger partial charge on any atom is 0.326 e. The van der Waals surface area contributed by atoms with Crippen molar-refractivity contribution in [3.05, 3.63) is 0 Å². The van der Waals surface area contributed by atoms with Crippen LogP contribution in [0, 0.1) is 5.92 Å². The lowest BCUT2D eigenvalue weighted by Gasteiger charge is -2.37. The summed E-state index contributed by atoms with van der Waals surface area (Å²) in [5.74, 6) is 0.301. The van der Waals surface area contributed by atoms with E-state index in [1.54, 1.807) is 0 Å². The Morgan fingerprint density at radius 1 is 1.29 bits per heavy atom. The van der Waals surface area contributed by atoms with Crippen molar-refractivity contribution in [3.63, 3.8) is 0 Å². The summed E-state index contributed by atoms with van der Waals surface area (Å²) >= 11 is 0. The third-order valence-corrected chi connectivity index (χ3v) is 7.71. The van der Waals surface area contributed by atoms with Gasteiger partial charge in [0.15, 0.2) is 9.84 Å². The van der Waals surface area contributed by atoms with E-state index in [4.69, 9.17) is 0 Å². The predicted octanol–water partition coefficient (Wildman–Crippen LogP) is 0.954. The Kier molecular flexibility index (Phi) is 4.63. The average Bonchev–Trinajstić information content (AvgIpc) is 3.00. The third kappa shape index (κ3) is 2.94. The summed E-state index contributed by atoms with van der Waals surface area (Å²) in [4.78, 5) is 28.7. The van der Waals surface area contributed by atoms with E-state index in [0.717, 1.165) is 19.3 Å². The molecule has 2 saturated heterocycles. The molecule has 0 aromatic heterocycles. The molecule has 3 atom stereocenters. The summed E-state index contributed by atoms with van der Waals surface area (Å²) in [7, 11) is -2.99. The number of carbonyl (C=O) groups is 2. The summed E-state index contributed by atoms with van der Waals surface area (Å²) in [6.07, 6.45) is 4.24. The first-order chi connectivity index (χ1) is 11.3. The van der Waals surface area contributed by atoms with Gasteiger partial charge in [0.05, 0.1) is 18.2 Å². The van der Waals surface area contributed by atoms with Gasteiger partial charge in [-0.2, -0.15) is 0 Å². The third-order valence-electron chi connectivity index (χ3n) is 5.96. The van der Waals surface area contributed by atoms with Crippen molar-refractivity contribution in [3.8, 4) is 0 Å². The second-order valence-electron chi connectivity index (χ2n) is 7.38. The Balaban J connectivity index is 1.74. The first-order valence-electron chi connectivity index (χ1n) is 8.87. The Hall–Kier alpha value is -1.15. The molecular weight excluding hydrogens is 330 g/mol. The van der Waals surface area contributed by atoms with Gasteiger partial charge < -0.3 is 5.32 Å². The first-order valence-corrected chi connectivity index (χ1v) is 10.7. The van der Waals surface area contributed by atoms with E-state index < -0.39 is 15.4 Å². The molecule has 3 fully saturated rings. The maximum absolute atomic E-state index is 13.0. The number of nitrogens with zero attached hydrogens (tertiary/aromatic N) is 2. The number of rotatable bonds is 4. The lowest BCUT2D eigenvalue weighted by atomic mass is 9.73. The van der Waals surface area contributed by atoms with Crippen LogP contribution in [0.15, 0.2) is 0 Å². The number of amides is 3. The van der Waals surface area contributed by atoms with Gasteiger partial charge in [-0.25, -0.2) is 18.1 Å². The monoisotopic (exact) mass is 357 g/mol. The summed E-state index contributed by atoms with van der Waals surface area (Å²) in [6.45, 7) is 4.75. The highest BCUT2D eigenvalue weighted by molar-refractivity contribution is 7.91. The van der Waals surface area contributed by atoms with E-state index in [1.165, 1.54) is 4.90 Å². The number of carbonyl (C=O) groups excluding carboxylic acids is 2. The zero-order chi connectivity index (χ0) is 17.5. The molecule has 3 rings (SSSR count). The summed E-state index contributed by atoms with van der Waals surface area (Å²) in [5, 5.41) is 2.95. The number of sulfone groups is 1. The number of nitrogens with one attached hydrogen (secondary N) is 1. The van der Waals surface area contributed by atoms with E-state index in [9.17, 15) is 18.0 Å². The Morgan fingerprint density at radius 3 is 2.62 bits per heavy atom. The van der Waals surface area contributed by atoms with E-state index in [2.05, 4.69) is 5.32 Å². The summed E-state index contributed by atoms with van der Waals surface area (Å²) in [6, 6.07) is -0.450. The smallest absolute Gasteiger partial charge is 0.323 e. The minimum Gasteiger partial charge on any atom is -0.323 e. The molecule has 24 heavy (non-hydrogen) atoms. The molecule has 0 aromatic carbocycles. The lowest BCUT2D eigenvalue weighted by molar-refractivity contribution is -0.135. The highest BCUT2D eigenvalue weighted by Crippen LogP contribution is 2.38. The normalized spacial score (nSPS) is 35.9. The van der Waals surface area contributed by atoms with Crippen LogP contribution in [0.3, 0.4) is 0 Å². The van der Waals surface area contributed by atoms with E-state index in [1.807, 2.05) is 18.7 Å². The van der Waals surface area contributed by atoms with Crippen molar-refractivity contribution < 1.29 is 18.0 Å². The zero-order valence-electron chi connectivity index (χ0n) is 14.5. The zero-order valence-corrected chi connectivity index (χ0v) is 15.3. The number of urea groups is 1. The molecule has 2 aliphatic heterocycles. The first kappa shape index (κ1) is 17.7. The highest BCUT2D eigenvalue weighted by atomic mass is 32.2. The standard InChI is InChI=1S/C16H27N3O4S/c1-3-18(13-7-9-24(22,23)10-13)11-19-14(20)16(17-15(19)21)8-5-4-6-12(16)2/h12-13H,3-11H2,1-2H3,(H,17,21)/t12-,13+,16+/m0/s1. The van der Waals surface area contributed by atoms with Gasteiger partial charge in [-0.15, -0.1) is 0 Å². The quantitative estimate of drug-likeness (QED) is 0.757. The minimum atomic E-state index is -2.99. The molecule has 136 valence electrons. The van der Waals surface area contributed by atoms with Gasteiger partial charge in [-0.1, -0.05) is 26.7 Å². The number of hydrogen-bond acceptors (Lipinski definition) is 5. The van der Waals surface area contributed by atoms with Crippen LogP contribution in [-0.2, 0) is 14.6 Å². The SMILES string of the molecule is CCN(CN1C(=O)N[C@@]2(CCCC[C@@H]2C)C1=O)[C@@H]1CCS(=O)(=O)C1. The van der Waals surface area contributed by atoms with Crippen LogP contribution < -0.4 is 5.32 Å². The molecule has 3 aliphatic rings. The molecule has 7 nitrogen and oxygen atoms in total. The topological polar surface area (TPSA) is 86.8 Å². The summed E-state index contributed by atoms with van der Waals surface area (Å²) in [5.41, 5.74) is -0.753. The van der Waals surface area contributed by atoms with E-state index in [-0.39, 0.29) is 42.1 Å². The van der Waals surface area contributed by atoms with Gasteiger partial charge in [0.1, 0.15) is 5.54 Å². The lowest BCUT2D eigenvalue weighted by Crippen LogP contribution is -2.54. The molecule has 0 unspecified atom stereocenters. The van der Waals surface area contributed by atoms with Gasteiger partial charge >= 0.3 is 6.03 Å². The van der Waals surface area contributed by atoms with Crippen LogP contribution in [-0.4, -0.2) is 66.5 Å². The van der Waals surface area contributed by atoms with Gasteiger partial charge in [0.25, 0.3) is 5.91 Å². The molecule has 1 aliphatic carbocycles. The van der Waals surface area contributed by atoms with Crippen molar-refractivity contribution in [1.29, 1.82) is 0 Å². The molecule has 3 amide bonds. The highest BCUT2D eigenvalue weighted by Gasteiger charge is 2.55. The van der Waals surface area contributed by atoms with Crippen LogP contribution in [0.5, 0.6) is 0 Å². The van der Waals surface area contributed by atoms with Crippen LogP contribution in [0.25, 0.3) is 0 Å². The summed E-state index contributed by atoms with van der Waals surface area (Å²) < 4.78 is 23.5. The van der Waals surface area contributed by atoms with Crippen LogP contribution in [0.4, 0.5) is 4.79 Å². The van der Waals surface area contributed by atoms with E-state index >= 15 is 0 Å². The molecule has 0 radical (unpaired) electrons. The fourth-order valence-corrected chi connectivity index (χ4v) is 6.10. The molecule has 2 heterocycles. The Morgan fingerprint density at radius 2 is 2.04 bits per heavy atom. The number of hydrogen-bond donors (Lipinski definition) is 1. The van der Waals surface area contributed by atoms with Crippen LogP contribution in [0.2, 0.25) is 0 Å². The molecule has 0 aromatic rings. The fourth-order valence-electron chi connectivity index (χ4n) is 4.34. The van der Waals surface area contributed by atoms with E-state index in [0.29, 0.717) is 19.4 Å². The van der Waals surface area contributed by atoms with Crippen molar-refractivity contribution in [2.45, 2.75) is 57.5 Å². The average molecular weight is 357 g/mol.